The van der Waals surface area contributed by atoms with Crippen LogP contribution >= 0.6 is 0 Å². The quantitative estimate of drug-likeness (QED) is 0.591. The average molecular weight is 264 g/mol. The Bertz CT molecular complexity index is 588. The minimum atomic E-state index is 1.05. The van der Waals surface area contributed by atoms with Gasteiger partial charge >= 0.3 is 0 Å². The number of benzene rings is 2. The maximum atomic E-state index is 4.14. The summed E-state index contributed by atoms with van der Waals surface area (Å²) in [6.07, 6.45) is 4.22. The maximum Gasteiger partial charge on any atom is -0.0161 e. The number of rotatable bonds is 3. The fourth-order valence-corrected chi connectivity index (χ4v) is 1.99. The predicted molar refractivity (Wildman–Crippen MR) is 91.8 cm³/mol. The summed E-state index contributed by atoms with van der Waals surface area (Å²) in [6.45, 7) is 12.4. The molecule has 0 nitrogen and oxygen atoms in total. The van der Waals surface area contributed by atoms with Crippen LogP contribution in [0.25, 0.3) is 11.6 Å². The molecule has 0 unspecified atom stereocenters. The molecule has 0 saturated heterocycles. The van der Waals surface area contributed by atoms with Crippen molar-refractivity contribution in [2.45, 2.75) is 27.7 Å². The van der Waals surface area contributed by atoms with E-state index in [1.807, 2.05) is 13.8 Å². The number of aryl methyl sites for hydroxylation is 2. The van der Waals surface area contributed by atoms with E-state index in [4.69, 9.17) is 0 Å². The van der Waals surface area contributed by atoms with Crippen LogP contribution < -0.4 is 0 Å². The van der Waals surface area contributed by atoms with Crippen LogP contribution in [0.15, 0.2) is 61.2 Å². The van der Waals surface area contributed by atoms with Crippen molar-refractivity contribution in [2.24, 2.45) is 0 Å². The van der Waals surface area contributed by atoms with Gasteiger partial charge in [0.15, 0.2) is 0 Å². The molecule has 2 rings (SSSR count). The highest BCUT2D eigenvalue weighted by Gasteiger charge is 1.98. The first-order valence-corrected chi connectivity index (χ1v) is 7.17. The highest BCUT2D eigenvalue weighted by molar-refractivity contribution is 5.79. The van der Waals surface area contributed by atoms with Crippen molar-refractivity contribution in [3.63, 3.8) is 0 Å². The molecule has 2 aromatic carbocycles. The van der Waals surface area contributed by atoms with Gasteiger partial charge in [-0.3, -0.25) is 0 Å². The number of hydrogen-bond acceptors (Lipinski definition) is 0. The molecule has 0 fully saturated rings. The van der Waals surface area contributed by atoms with Crippen molar-refractivity contribution >= 4 is 11.6 Å². The van der Waals surface area contributed by atoms with E-state index in [1.54, 1.807) is 0 Å². The molecule has 0 spiro atoms. The van der Waals surface area contributed by atoms with E-state index in [-0.39, 0.29) is 0 Å². The molecule has 0 saturated carbocycles. The molecule has 0 N–H and O–H groups in total. The Kier molecular flexibility index (Phi) is 6.52. The Morgan fingerprint density at radius 3 is 2.00 bits per heavy atom. The molecule has 0 amide bonds. The van der Waals surface area contributed by atoms with E-state index in [2.05, 4.69) is 81.1 Å². The first kappa shape index (κ1) is 16.0. The minimum absolute atomic E-state index is 1.05. The van der Waals surface area contributed by atoms with Crippen molar-refractivity contribution in [1.29, 1.82) is 0 Å². The second kappa shape index (κ2) is 8.16. The lowest BCUT2D eigenvalue weighted by Gasteiger charge is -2.05. The molecule has 0 atom stereocenters. The predicted octanol–water partition coefficient (Wildman–Crippen LogP) is 6.06. The molecule has 0 heteroatoms. The summed E-state index contributed by atoms with van der Waals surface area (Å²) in [5, 5.41) is 0. The summed E-state index contributed by atoms with van der Waals surface area (Å²) in [5.41, 5.74) is 6.05. The number of hydrogen-bond donors (Lipinski definition) is 0. The van der Waals surface area contributed by atoms with Gasteiger partial charge in [-0.15, -0.1) is 0 Å². The van der Waals surface area contributed by atoms with Crippen molar-refractivity contribution < 1.29 is 0 Å². The SMILES string of the molecule is C=C(/C=C\c1ccccc1C)c1ccccc1C.CC. The van der Waals surface area contributed by atoms with E-state index in [1.165, 1.54) is 22.3 Å². The van der Waals surface area contributed by atoms with Crippen LogP contribution in [0.5, 0.6) is 0 Å². The summed E-state index contributed by atoms with van der Waals surface area (Å²) in [5.74, 6) is 0. The Morgan fingerprint density at radius 1 is 0.850 bits per heavy atom. The molecule has 0 aromatic heterocycles. The molecule has 0 aliphatic heterocycles. The van der Waals surface area contributed by atoms with Crippen LogP contribution in [0.1, 0.15) is 36.1 Å². The topological polar surface area (TPSA) is 0 Å². The smallest absolute Gasteiger partial charge is 0.0161 e. The lowest BCUT2D eigenvalue weighted by Crippen LogP contribution is -1.84. The molecular weight excluding hydrogens is 240 g/mol. The maximum absolute atomic E-state index is 4.14. The lowest BCUT2D eigenvalue weighted by molar-refractivity contribution is 1.43. The second-order valence-electron chi connectivity index (χ2n) is 4.53. The van der Waals surface area contributed by atoms with Crippen LogP contribution in [-0.2, 0) is 0 Å². The molecule has 0 heterocycles. The Balaban J connectivity index is 0.000000956. The van der Waals surface area contributed by atoms with Gasteiger partial charge in [0.2, 0.25) is 0 Å². The first-order chi connectivity index (χ1) is 9.68. The molecule has 0 bridgehead atoms. The van der Waals surface area contributed by atoms with Crippen LogP contribution in [-0.4, -0.2) is 0 Å². The fourth-order valence-electron chi connectivity index (χ4n) is 1.99. The Morgan fingerprint density at radius 2 is 1.40 bits per heavy atom. The zero-order valence-electron chi connectivity index (χ0n) is 13.0. The monoisotopic (exact) mass is 264 g/mol. The Hall–Kier alpha value is -2.08. The van der Waals surface area contributed by atoms with Crippen LogP contribution in [0.4, 0.5) is 0 Å². The standard InChI is InChI=1S/C18H18.C2H6/c1-14-8-4-6-10-17(14)13-12-16(3)18-11-7-5-9-15(18)2;1-2/h4-13H,3H2,1-2H3;1-2H3/b13-12-;. The molecule has 2 aromatic rings. The van der Waals surface area contributed by atoms with Gasteiger partial charge in [-0.2, -0.15) is 0 Å². The van der Waals surface area contributed by atoms with E-state index in [9.17, 15) is 0 Å². The molecule has 0 aliphatic rings. The van der Waals surface area contributed by atoms with Gasteiger partial charge in [0.05, 0.1) is 0 Å². The highest BCUT2D eigenvalue weighted by Crippen LogP contribution is 2.19. The molecular formula is C20H24. The summed E-state index contributed by atoms with van der Waals surface area (Å²) in [7, 11) is 0. The molecule has 20 heavy (non-hydrogen) atoms. The van der Waals surface area contributed by atoms with E-state index < -0.39 is 0 Å². The van der Waals surface area contributed by atoms with Gasteiger partial charge < -0.3 is 0 Å². The third-order valence-electron chi connectivity index (χ3n) is 3.14. The van der Waals surface area contributed by atoms with Crippen LogP contribution in [0.3, 0.4) is 0 Å². The van der Waals surface area contributed by atoms with Crippen molar-refractivity contribution in [1.82, 2.24) is 0 Å². The zero-order valence-corrected chi connectivity index (χ0v) is 13.0. The summed E-state index contributed by atoms with van der Waals surface area (Å²) >= 11 is 0. The second-order valence-corrected chi connectivity index (χ2v) is 4.53. The lowest BCUT2D eigenvalue weighted by atomic mass is 10.0. The Labute approximate surface area is 123 Å². The van der Waals surface area contributed by atoms with Crippen LogP contribution in [0, 0.1) is 13.8 Å². The average Bonchev–Trinajstić information content (AvgIpc) is 2.49. The van der Waals surface area contributed by atoms with Gasteiger partial charge in [-0.25, -0.2) is 0 Å². The minimum Gasteiger partial charge on any atom is -0.0911 e. The van der Waals surface area contributed by atoms with Gasteiger partial charge in [-0.05, 0) is 41.7 Å². The highest BCUT2D eigenvalue weighted by atomic mass is 14.0. The van der Waals surface area contributed by atoms with Crippen molar-refractivity contribution in [3.05, 3.63) is 83.4 Å². The van der Waals surface area contributed by atoms with E-state index in [0.717, 1.165) is 5.57 Å². The van der Waals surface area contributed by atoms with Crippen LogP contribution in [0.2, 0.25) is 0 Å². The number of allylic oxidation sites excluding steroid dienone is 2. The third kappa shape index (κ3) is 4.24. The van der Waals surface area contributed by atoms with E-state index in [0.29, 0.717) is 0 Å². The first-order valence-electron chi connectivity index (χ1n) is 7.17. The van der Waals surface area contributed by atoms with Gasteiger partial charge in [0, 0.05) is 0 Å². The molecule has 0 radical (unpaired) electrons. The fraction of sp³-hybridized carbons (Fsp3) is 0.200. The van der Waals surface area contributed by atoms with Gasteiger partial charge in [-0.1, -0.05) is 81.1 Å². The molecule has 0 aliphatic carbocycles. The van der Waals surface area contributed by atoms with Gasteiger partial charge in [0.25, 0.3) is 0 Å². The van der Waals surface area contributed by atoms with Crippen molar-refractivity contribution in [2.75, 3.05) is 0 Å². The van der Waals surface area contributed by atoms with Gasteiger partial charge in [0.1, 0.15) is 0 Å². The third-order valence-corrected chi connectivity index (χ3v) is 3.14. The summed E-state index contributed by atoms with van der Waals surface area (Å²) in [4.78, 5) is 0. The summed E-state index contributed by atoms with van der Waals surface area (Å²) < 4.78 is 0. The summed E-state index contributed by atoms with van der Waals surface area (Å²) in [6, 6.07) is 16.7. The largest absolute Gasteiger partial charge is 0.0911 e. The zero-order chi connectivity index (χ0) is 15.0. The normalized spacial score (nSPS) is 10.0. The molecule has 104 valence electrons. The van der Waals surface area contributed by atoms with Crippen molar-refractivity contribution in [3.8, 4) is 0 Å². The van der Waals surface area contributed by atoms with E-state index >= 15 is 0 Å².